The summed E-state index contributed by atoms with van der Waals surface area (Å²) in [4.78, 5) is 34.9. The predicted octanol–water partition coefficient (Wildman–Crippen LogP) is -1.36. The molecule has 0 spiro atoms. The standard InChI is InChI=1S/C13H16N6O3/c14-8-10(20)17-4-6-18(7-5-17)12-9-2-1-3-15-11(9)19(22)13(21)16-12/h1-3,22H,4-8,14H2. The summed E-state index contributed by atoms with van der Waals surface area (Å²) in [5, 5.41) is 10.3. The largest absolute Gasteiger partial charge is 0.422 e. The average molecular weight is 304 g/mol. The van der Waals surface area contributed by atoms with Crippen LogP contribution in [0, 0.1) is 0 Å². The van der Waals surface area contributed by atoms with Crippen molar-refractivity contribution in [2.45, 2.75) is 0 Å². The van der Waals surface area contributed by atoms with Crippen molar-refractivity contribution in [3.63, 3.8) is 0 Å². The molecule has 9 heteroatoms. The highest BCUT2D eigenvalue weighted by Crippen LogP contribution is 2.22. The Morgan fingerprint density at radius 3 is 2.73 bits per heavy atom. The van der Waals surface area contributed by atoms with Crippen LogP contribution in [0.1, 0.15) is 0 Å². The van der Waals surface area contributed by atoms with Gasteiger partial charge in [-0.2, -0.15) is 4.98 Å². The molecular formula is C13H16N6O3. The van der Waals surface area contributed by atoms with Gasteiger partial charge in [-0.15, -0.1) is 4.73 Å². The van der Waals surface area contributed by atoms with E-state index >= 15 is 0 Å². The number of hydrogen-bond donors (Lipinski definition) is 2. The fourth-order valence-corrected chi connectivity index (χ4v) is 2.57. The Labute approximate surface area is 125 Å². The lowest BCUT2D eigenvalue weighted by molar-refractivity contribution is -0.129. The highest BCUT2D eigenvalue weighted by molar-refractivity contribution is 5.87. The monoisotopic (exact) mass is 304 g/mol. The summed E-state index contributed by atoms with van der Waals surface area (Å²) in [5.41, 5.74) is 4.75. The van der Waals surface area contributed by atoms with Crippen molar-refractivity contribution >= 4 is 22.8 Å². The minimum atomic E-state index is -0.776. The first-order valence-electron chi connectivity index (χ1n) is 6.91. The van der Waals surface area contributed by atoms with E-state index in [1.807, 2.05) is 4.90 Å². The number of carbonyl (C=O) groups is 1. The number of nitrogens with zero attached hydrogens (tertiary/aromatic N) is 5. The van der Waals surface area contributed by atoms with E-state index in [9.17, 15) is 14.8 Å². The minimum Gasteiger partial charge on any atom is -0.422 e. The summed E-state index contributed by atoms with van der Waals surface area (Å²) in [6.45, 7) is 2.10. The maximum atomic E-state index is 11.8. The molecule has 2 aromatic rings. The molecule has 3 N–H and O–H groups in total. The molecular weight excluding hydrogens is 288 g/mol. The van der Waals surface area contributed by atoms with E-state index in [0.717, 1.165) is 0 Å². The molecule has 22 heavy (non-hydrogen) atoms. The van der Waals surface area contributed by atoms with Gasteiger partial charge < -0.3 is 20.7 Å². The molecule has 0 saturated carbocycles. The van der Waals surface area contributed by atoms with Crippen molar-refractivity contribution in [1.29, 1.82) is 0 Å². The van der Waals surface area contributed by atoms with E-state index in [2.05, 4.69) is 9.97 Å². The first kappa shape index (κ1) is 14.3. The zero-order chi connectivity index (χ0) is 15.7. The second-order valence-electron chi connectivity index (χ2n) is 4.98. The summed E-state index contributed by atoms with van der Waals surface area (Å²) in [7, 11) is 0. The summed E-state index contributed by atoms with van der Waals surface area (Å²) < 4.78 is 0.438. The molecule has 1 amide bonds. The zero-order valence-electron chi connectivity index (χ0n) is 11.8. The Morgan fingerprint density at radius 1 is 1.32 bits per heavy atom. The number of pyridine rings is 1. The Hall–Kier alpha value is -2.68. The molecule has 1 aliphatic heterocycles. The molecule has 1 aliphatic rings. The molecule has 1 fully saturated rings. The van der Waals surface area contributed by atoms with Crippen LogP contribution in [0.5, 0.6) is 0 Å². The Kier molecular flexibility index (Phi) is 3.63. The number of carbonyl (C=O) groups excluding carboxylic acids is 1. The van der Waals surface area contributed by atoms with E-state index in [1.165, 1.54) is 6.20 Å². The second kappa shape index (κ2) is 5.60. The number of rotatable bonds is 2. The maximum absolute atomic E-state index is 11.8. The Balaban J connectivity index is 1.94. The molecule has 0 unspecified atom stereocenters. The van der Waals surface area contributed by atoms with Crippen LogP contribution in [-0.4, -0.2) is 63.4 Å². The lowest BCUT2D eigenvalue weighted by Gasteiger charge is -2.35. The van der Waals surface area contributed by atoms with Crippen LogP contribution in [0.25, 0.3) is 11.0 Å². The highest BCUT2D eigenvalue weighted by atomic mass is 16.5. The molecule has 0 aliphatic carbocycles. The number of aromatic nitrogens is 3. The molecule has 0 bridgehead atoms. The van der Waals surface area contributed by atoms with Crippen molar-refractivity contribution < 1.29 is 10.0 Å². The molecule has 116 valence electrons. The van der Waals surface area contributed by atoms with Crippen molar-refractivity contribution in [3.05, 3.63) is 28.8 Å². The molecule has 0 atom stereocenters. The molecule has 3 heterocycles. The number of hydrogen-bond acceptors (Lipinski definition) is 7. The topological polar surface area (TPSA) is 118 Å². The van der Waals surface area contributed by atoms with Gasteiger partial charge in [-0.25, -0.2) is 9.78 Å². The van der Waals surface area contributed by atoms with Crippen LogP contribution in [0.4, 0.5) is 5.82 Å². The third-order valence-corrected chi connectivity index (χ3v) is 3.72. The number of piperazine rings is 1. The van der Waals surface area contributed by atoms with E-state index in [-0.39, 0.29) is 18.1 Å². The predicted molar refractivity (Wildman–Crippen MR) is 78.8 cm³/mol. The van der Waals surface area contributed by atoms with Crippen LogP contribution in [0.2, 0.25) is 0 Å². The highest BCUT2D eigenvalue weighted by Gasteiger charge is 2.23. The van der Waals surface area contributed by atoms with Gasteiger partial charge in [0.1, 0.15) is 5.82 Å². The van der Waals surface area contributed by atoms with Gasteiger partial charge in [-0.1, -0.05) is 0 Å². The molecule has 9 nitrogen and oxygen atoms in total. The molecule has 2 aromatic heterocycles. The van der Waals surface area contributed by atoms with E-state index < -0.39 is 5.69 Å². The second-order valence-corrected chi connectivity index (χ2v) is 4.98. The average Bonchev–Trinajstić information content (AvgIpc) is 2.57. The Bertz CT molecular complexity index is 766. The fraction of sp³-hybridized carbons (Fsp3) is 0.385. The van der Waals surface area contributed by atoms with Gasteiger partial charge in [0.05, 0.1) is 11.9 Å². The van der Waals surface area contributed by atoms with Gasteiger partial charge in [-0.05, 0) is 12.1 Å². The summed E-state index contributed by atoms with van der Waals surface area (Å²) in [6, 6.07) is 3.46. The minimum absolute atomic E-state index is 0.00828. The molecule has 0 aromatic carbocycles. The van der Waals surface area contributed by atoms with Crippen molar-refractivity contribution in [2.75, 3.05) is 37.6 Å². The molecule has 1 saturated heterocycles. The van der Waals surface area contributed by atoms with Crippen molar-refractivity contribution in [3.8, 4) is 0 Å². The van der Waals surface area contributed by atoms with Gasteiger partial charge in [-0.3, -0.25) is 4.79 Å². The normalized spacial score (nSPS) is 15.3. The smallest absolute Gasteiger partial charge is 0.384 e. The van der Waals surface area contributed by atoms with Crippen LogP contribution >= 0.6 is 0 Å². The van der Waals surface area contributed by atoms with Crippen molar-refractivity contribution in [2.24, 2.45) is 5.73 Å². The molecule has 3 rings (SSSR count). The summed E-state index contributed by atoms with van der Waals surface area (Å²) in [5.74, 6) is 0.378. The van der Waals surface area contributed by atoms with Gasteiger partial charge >= 0.3 is 5.69 Å². The maximum Gasteiger partial charge on any atom is 0.384 e. The summed E-state index contributed by atoms with van der Waals surface area (Å²) >= 11 is 0. The third-order valence-electron chi connectivity index (χ3n) is 3.72. The van der Waals surface area contributed by atoms with Gasteiger partial charge in [0, 0.05) is 32.4 Å². The van der Waals surface area contributed by atoms with E-state index in [0.29, 0.717) is 42.1 Å². The van der Waals surface area contributed by atoms with Crippen molar-refractivity contribution in [1.82, 2.24) is 19.6 Å². The van der Waals surface area contributed by atoms with Crippen LogP contribution in [0.3, 0.4) is 0 Å². The number of amides is 1. The van der Waals surface area contributed by atoms with Gasteiger partial charge in [0.2, 0.25) is 5.91 Å². The quantitative estimate of drug-likeness (QED) is 0.658. The first-order valence-corrected chi connectivity index (χ1v) is 6.91. The SMILES string of the molecule is NCC(=O)N1CCN(c2nc(=O)n(O)c3ncccc23)CC1. The zero-order valence-corrected chi connectivity index (χ0v) is 11.8. The number of anilines is 1. The fourth-order valence-electron chi connectivity index (χ4n) is 2.57. The van der Waals surface area contributed by atoms with E-state index in [1.54, 1.807) is 17.0 Å². The number of fused-ring (bicyclic) bond motifs is 1. The Morgan fingerprint density at radius 2 is 2.05 bits per heavy atom. The third kappa shape index (κ3) is 2.35. The van der Waals surface area contributed by atoms with Gasteiger partial charge in [0.15, 0.2) is 5.65 Å². The lowest BCUT2D eigenvalue weighted by atomic mass is 10.2. The van der Waals surface area contributed by atoms with Gasteiger partial charge in [0.25, 0.3) is 0 Å². The van der Waals surface area contributed by atoms with Crippen LogP contribution < -0.4 is 16.3 Å². The lowest BCUT2D eigenvalue weighted by Crippen LogP contribution is -2.51. The first-order chi connectivity index (χ1) is 10.6. The van der Waals surface area contributed by atoms with Crippen LogP contribution in [0.15, 0.2) is 23.1 Å². The van der Waals surface area contributed by atoms with Crippen LogP contribution in [-0.2, 0) is 4.79 Å². The van der Waals surface area contributed by atoms with E-state index in [4.69, 9.17) is 5.73 Å². The molecule has 0 radical (unpaired) electrons. The number of nitrogens with two attached hydrogens (primary N) is 1. The summed E-state index contributed by atoms with van der Waals surface area (Å²) in [6.07, 6.45) is 1.50.